The van der Waals surface area contributed by atoms with Gasteiger partial charge in [0.1, 0.15) is 12.6 Å². The molecule has 1 N–H and O–H groups in total. The molecular weight excluding hydrogens is 686 g/mol. The number of carbonyl (C=O) groups is 2. The predicted molar refractivity (Wildman–Crippen MR) is 181 cm³/mol. The van der Waals surface area contributed by atoms with Crippen LogP contribution in [0.1, 0.15) is 30.5 Å². The molecule has 7 nitrogen and oxygen atoms in total. The van der Waals surface area contributed by atoms with Crippen LogP contribution in [0.5, 0.6) is 0 Å². The molecule has 254 valence electrons. The molecule has 0 spiro atoms. The SMILES string of the molecule is CC(C)CNC(=O)C(Cc1ccccc1)N(Cc1cccc(Cl)c1)C(=O)CN(c1cc(C(F)(F)F)ccc1Cl)S(=O)(=O)c1ccccc1. The lowest BCUT2D eigenvalue weighted by Gasteiger charge is -2.34. The van der Waals surface area contributed by atoms with E-state index in [1.165, 1.54) is 29.2 Å². The largest absolute Gasteiger partial charge is 0.416 e. The normalized spacial score (nSPS) is 12.4. The first kappa shape index (κ1) is 36.8. The highest BCUT2D eigenvalue weighted by molar-refractivity contribution is 7.92. The van der Waals surface area contributed by atoms with Gasteiger partial charge in [-0.15, -0.1) is 0 Å². The van der Waals surface area contributed by atoms with Gasteiger partial charge >= 0.3 is 6.18 Å². The van der Waals surface area contributed by atoms with E-state index in [0.717, 1.165) is 17.7 Å². The van der Waals surface area contributed by atoms with Crippen LogP contribution in [0.3, 0.4) is 0 Å². The zero-order valence-corrected chi connectivity index (χ0v) is 28.5. The second-order valence-corrected chi connectivity index (χ2v) is 14.2. The van der Waals surface area contributed by atoms with Crippen molar-refractivity contribution in [2.45, 2.75) is 43.9 Å². The van der Waals surface area contributed by atoms with E-state index >= 15 is 0 Å². The first-order valence-corrected chi connectivity index (χ1v) is 17.2. The summed E-state index contributed by atoms with van der Waals surface area (Å²) in [6, 6.07) is 23.6. The third-order valence-corrected chi connectivity index (χ3v) is 9.68. The minimum atomic E-state index is -4.83. The minimum Gasteiger partial charge on any atom is -0.354 e. The predicted octanol–water partition coefficient (Wildman–Crippen LogP) is 7.62. The molecule has 4 aromatic rings. The van der Waals surface area contributed by atoms with Gasteiger partial charge in [-0.2, -0.15) is 13.2 Å². The maximum absolute atomic E-state index is 14.5. The molecule has 0 aliphatic heterocycles. The summed E-state index contributed by atoms with van der Waals surface area (Å²) in [7, 11) is -4.66. The van der Waals surface area contributed by atoms with Crippen molar-refractivity contribution in [3.63, 3.8) is 0 Å². The van der Waals surface area contributed by atoms with E-state index in [2.05, 4.69) is 5.32 Å². The summed E-state index contributed by atoms with van der Waals surface area (Å²) in [4.78, 5) is 29.3. The number of carbonyl (C=O) groups excluding carboxylic acids is 2. The molecule has 0 fully saturated rings. The fourth-order valence-corrected chi connectivity index (χ4v) is 6.85. The van der Waals surface area contributed by atoms with Crippen molar-refractivity contribution in [3.05, 3.63) is 130 Å². The first-order valence-electron chi connectivity index (χ1n) is 15.0. The van der Waals surface area contributed by atoms with Crippen molar-refractivity contribution in [2.75, 3.05) is 17.4 Å². The Bertz CT molecular complexity index is 1830. The van der Waals surface area contributed by atoms with Gasteiger partial charge in [0.2, 0.25) is 11.8 Å². The van der Waals surface area contributed by atoms with Crippen LogP contribution in [-0.2, 0) is 38.8 Å². The molecular formula is C35H34Cl2F3N3O4S. The van der Waals surface area contributed by atoms with Gasteiger partial charge in [0.05, 0.1) is 21.2 Å². The lowest BCUT2D eigenvalue weighted by Crippen LogP contribution is -2.53. The number of nitrogens with zero attached hydrogens (tertiary/aromatic N) is 2. The van der Waals surface area contributed by atoms with Crippen LogP contribution >= 0.6 is 23.2 Å². The van der Waals surface area contributed by atoms with Gasteiger partial charge in [-0.1, -0.05) is 97.7 Å². The number of hydrogen-bond donors (Lipinski definition) is 1. The third-order valence-electron chi connectivity index (χ3n) is 7.35. The van der Waals surface area contributed by atoms with E-state index in [9.17, 15) is 31.2 Å². The van der Waals surface area contributed by atoms with Crippen molar-refractivity contribution >= 4 is 50.7 Å². The number of hydrogen-bond acceptors (Lipinski definition) is 4. The second-order valence-electron chi connectivity index (χ2n) is 11.5. The van der Waals surface area contributed by atoms with Gasteiger partial charge in [-0.05, 0) is 59.5 Å². The highest BCUT2D eigenvalue weighted by Gasteiger charge is 2.37. The first-order chi connectivity index (χ1) is 22.7. The summed E-state index contributed by atoms with van der Waals surface area (Å²) < 4.78 is 70.3. The number of rotatable bonds is 13. The molecule has 2 amide bonds. The van der Waals surface area contributed by atoms with E-state index in [0.29, 0.717) is 27.5 Å². The molecule has 0 aliphatic carbocycles. The fourth-order valence-electron chi connectivity index (χ4n) is 4.92. The smallest absolute Gasteiger partial charge is 0.354 e. The fraction of sp³-hybridized carbons (Fsp3) is 0.257. The highest BCUT2D eigenvalue weighted by Crippen LogP contribution is 2.37. The molecule has 1 atom stereocenters. The summed E-state index contributed by atoms with van der Waals surface area (Å²) in [5, 5.41) is 2.91. The van der Waals surface area contributed by atoms with Crippen molar-refractivity contribution in [1.82, 2.24) is 10.2 Å². The Morgan fingerprint density at radius 2 is 1.46 bits per heavy atom. The zero-order valence-electron chi connectivity index (χ0n) is 26.1. The molecule has 0 saturated carbocycles. The number of nitrogens with one attached hydrogen (secondary N) is 1. The van der Waals surface area contributed by atoms with Crippen molar-refractivity contribution in [1.29, 1.82) is 0 Å². The van der Waals surface area contributed by atoms with Gasteiger partial charge < -0.3 is 10.2 Å². The average molecular weight is 721 g/mol. The third kappa shape index (κ3) is 9.52. The summed E-state index contributed by atoms with van der Waals surface area (Å²) >= 11 is 12.6. The number of amides is 2. The molecule has 1 unspecified atom stereocenters. The molecule has 0 aromatic heterocycles. The van der Waals surface area contributed by atoms with Gasteiger partial charge in [-0.25, -0.2) is 8.42 Å². The molecule has 0 radical (unpaired) electrons. The molecule has 0 aliphatic rings. The van der Waals surface area contributed by atoms with Gasteiger partial charge in [0, 0.05) is 24.5 Å². The minimum absolute atomic E-state index is 0.0623. The summed E-state index contributed by atoms with van der Waals surface area (Å²) in [5.41, 5.74) is -0.440. The summed E-state index contributed by atoms with van der Waals surface area (Å²) in [6.45, 7) is 2.99. The van der Waals surface area contributed by atoms with Crippen LogP contribution in [0.15, 0.2) is 108 Å². The Labute approximate surface area is 288 Å². The standard InChI is InChI=1S/C35H34Cl2F3N3O4S/c1-24(2)21-41-34(45)32(19-25-10-5-3-6-11-25)42(22-26-12-9-13-28(36)18-26)33(44)23-43(48(46,47)29-14-7-4-8-15-29)31-20-27(35(38,39)40)16-17-30(31)37/h3-18,20,24,32H,19,21-23H2,1-2H3,(H,41,45). The monoisotopic (exact) mass is 719 g/mol. The van der Waals surface area contributed by atoms with Crippen LogP contribution in [-0.4, -0.2) is 44.3 Å². The number of sulfonamides is 1. The van der Waals surface area contributed by atoms with Crippen LogP contribution in [0.4, 0.5) is 18.9 Å². The molecule has 0 heterocycles. The molecule has 48 heavy (non-hydrogen) atoms. The molecule has 4 rings (SSSR count). The van der Waals surface area contributed by atoms with E-state index in [4.69, 9.17) is 23.2 Å². The Morgan fingerprint density at radius 1 is 0.833 bits per heavy atom. The molecule has 0 saturated heterocycles. The summed E-state index contributed by atoms with van der Waals surface area (Å²) in [6.07, 6.45) is -4.77. The molecule has 4 aromatic carbocycles. The van der Waals surface area contributed by atoms with Crippen molar-refractivity contribution in [3.8, 4) is 0 Å². The van der Waals surface area contributed by atoms with Crippen molar-refractivity contribution < 1.29 is 31.2 Å². The lowest BCUT2D eigenvalue weighted by molar-refractivity contribution is -0.140. The molecule has 0 bridgehead atoms. The van der Waals surface area contributed by atoms with Gasteiger partial charge in [0.25, 0.3) is 10.0 Å². The van der Waals surface area contributed by atoms with Crippen molar-refractivity contribution in [2.24, 2.45) is 5.92 Å². The maximum Gasteiger partial charge on any atom is 0.416 e. The lowest BCUT2D eigenvalue weighted by atomic mass is 10.0. The Balaban J connectivity index is 1.86. The van der Waals surface area contributed by atoms with Crippen LogP contribution < -0.4 is 9.62 Å². The van der Waals surface area contributed by atoms with Gasteiger partial charge in [0.15, 0.2) is 0 Å². The average Bonchev–Trinajstić information content (AvgIpc) is 3.04. The Kier molecular flexibility index (Phi) is 12.2. The number of benzene rings is 4. The van der Waals surface area contributed by atoms with E-state index in [1.807, 2.05) is 13.8 Å². The number of alkyl halides is 3. The van der Waals surface area contributed by atoms with Crippen LogP contribution in [0, 0.1) is 5.92 Å². The summed E-state index contributed by atoms with van der Waals surface area (Å²) in [5.74, 6) is -1.26. The zero-order chi connectivity index (χ0) is 35.1. The van der Waals surface area contributed by atoms with E-state index in [-0.39, 0.29) is 28.8 Å². The maximum atomic E-state index is 14.5. The Morgan fingerprint density at radius 3 is 2.06 bits per heavy atom. The van der Waals surface area contributed by atoms with Crippen LogP contribution in [0.25, 0.3) is 0 Å². The second kappa shape index (κ2) is 15.9. The van der Waals surface area contributed by atoms with E-state index in [1.54, 1.807) is 60.7 Å². The Hall–Kier alpha value is -4.06. The van der Waals surface area contributed by atoms with Gasteiger partial charge in [-0.3, -0.25) is 13.9 Å². The molecule has 13 heteroatoms. The number of halogens is 5. The van der Waals surface area contributed by atoms with E-state index < -0.39 is 51.9 Å². The number of anilines is 1. The quantitative estimate of drug-likeness (QED) is 0.154. The highest BCUT2D eigenvalue weighted by atomic mass is 35.5. The topological polar surface area (TPSA) is 86.8 Å². The van der Waals surface area contributed by atoms with Crippen LogP contribution in [0.2, 0.25) is 10.0 Å².